The van der Waals surface area contributed by atoms with E-state index in [4.69, 9.17) is 33.7 Å². The molecule has 0 saturated carbocycles. The molecule has 0 radical (unpaired) electrons. The van der Waals surface area contributed by atoms with Gasteiger partial charge in [0, 0.05) is 41.6 Å². The maximum absolute atomic E-state index is 13.0. The molecule has 3 aromatic rings. The fourth-order valence-corrected chi connectivity index (χ4v) is 5.74. The van der Waals surface area contributed by atoms with Gasteiger partial charge in [0.1, 0.15) is 17.9 Å². The van der Waals surface area contributed by atoms with Gasteiger partial charge in [-0.2, -0.15) is 5.10 Å². The van der Waals surface area contributed by atoms with E-state index in [0.29, 0.717) is 59.4 Å². The maximum Gasteiger partial charge on any atom is 0.212 e. The minimum atomic E-state index is -0.561. The van der Waals surface area contributed by atoms with Crippen molar-refractivity contribution in [3.05, 3.63) is 45.7 Å². The van der Waals surface area contributed by atoms with Gasteiger partial charge in [0.2, 0.25) is 5.69 Å². The number of nitrogens with two attached hydrogens (primary N) is 1. The van der Waals surface area contributed by atoms with Crippen LogP contribution in [0.15, 0.2) is 12.4 Å². The van der Waals surface area contributed by atoms with Gasteiger partial charge in [-0.05, 0) is 47.1 Å². The molecule has 1 fully saturated rings. The Morgan fingerprint density at radius 3 is 2.67 bits per heavy atom. The van der Waals surface area contributed by atoms with E-state index < -0.39 is 5.54 Å². The molecule has 0 amide bonds. The lowest BCUT2D eigenvalue weighted by Gasteiger charge is -2.49. The van der Waals surface area contributed by atoms with Crippen molar-refractivity contribution in [3.63, 3.8) is 0 Å². The number of carbonyl (C=O) groups excluding carboxylic acids is 1. The molecule has 0 aliphatic carbocycles. The number of rotatable bonds is 11. The van der Waals surface area contributed by atoms with Gasteiger partial charge < -0.3 is 10.5 Å². The predicted octanol–water partition coefficient (Wildman–Crippen LogP) is 6.26. The van der Waals surface area contributed by atoms with Crippen LogP contribution in [0, 0.1) is 13.5 Å². The van der Waals surface area contributed by atoms with Gasteiger partial charge in [0.05, 0.1) is 35.8 Å². The van der Waals surface area contributed by atoms with E-state index in [0.717, 1.165) is 36.1 Å². The van der Waals surface area contributed by atoms with Gasteiger partial charge in [-0.1, -0.05) is 31.4 Å². The molecule has 10 heteroatoms. The van der Waals surface area contributed by atoms with Crippen LogP contribution < -0.4 is 10.5 Å². The number of likely N-dealkylation sites (tertiary alicyclic amines) is 1. The van der Waals surface area contributed by atoms with Gasteiger partial charge in [-0.3, -0.25) is 9.69 Å². The summed E-state index contributed by atoms with van der Waals surface area (Å²) in [5, 5.41) is 5.82. The van der Waals surface area contributed by atoms with E-state index >= 15 is 0 Å². The summed E-state index contributed by atoms with van der Waals surface area (Å²) in [6.45, 7) is 21.6. The number of fused-ring (bicyclic) bond motifs is 1. The normalized spacial score (nSPS) is 15.2. The van der Waals surface area contributed by atoms with E-state index in [1.54, 1.807) is 6.07 Å². The van der Waals surface area contributed by atoms with Gasteiger partial charge in [0.25, 0.3) is 0 Å². The number of nitrogens with zero attached hydrogens (tertiary/aromatic N) is 6. The van der Waals surface area contributed by atoms with Crippen molar-refractivity contribution in [3.8, 4) is 5.75 Å². The second-order valence-corrected chi connectivity index (χ2v) is 11.2. The molecule has 1 atom stereocenters. The third-order valence-corrected chi connectivity index (χ3v) is 8.24. The van der Waals surface area contributed by atoms with E-state index in [1.165, 1.54) is 6.33 Å². The van der Waals surface area contributed by atoms with Crippen LogP contribution in [-0.2, 0) is 4.79 Å². The molecule has 0 bridgehead atoms. The highest BCUT2D eigenvalue weighted by Gasteiger charge is 2.44. The average molecular weight is 552 g/mol. The van der Waals surface area contributed by atoms with Crippen molar-refractivity contribution in [2.45, 2.75) is 84.7 Å². The Kier molecular flexibility index (Phi) is 8.48. The van der Waals surface area contributed by atoms with Crippen LogP contribution in [0.25, 0.3) is 15.9 Å². The fourth-order valence-electron chi connectivity index (χ4n) is 5.48. The SMILES string of the molecule is [C-]#[N+]c1c(Cl)cc(C(C)n2nc(C)c3c(N)ncnc32)c(OCC)c1C1CN(C(C)(C)C(=O)CCCCC)C1. The molecule has 9 nitrogen and oxygen atoms in total. The number of nitrogen functional groups attached to an aromatic ring is 1. The van der Waals surface area contributed by atoms with Crippen molar-refractivity contribution >= 4 is 39.9 Å². The predicted molar refractivity (Wildman–Crippen MR) is 155 cm³/mol. The van der Waals surface area contributed by atoms with E-state index in [1.807, 2.05) is 39.3 Å². The Morgan fingerprint density at radius 2 is 2.03 bits per heavy atom. The number of ketones is 1. The van der Waals surface area contributed by atoms with Crippen molar-refractivity contribution in [1.82, 2.24) is 24.6 Å². The van der Waals surface area contributed by atoms with Crippen molar-refractivity contribution < 1.29 is 9.53 Å². The van der Waals surface area contributed by atoms with E-state index in [2.05, 4.69) is 26.6 Å². The number of aryl methyl sites for hydroxylation is 1. The maximum atomic E-state index is 13.0. The number of aromatic nitrogens is 4. The first-order chi connectivity index (χ1) is 18.6. The van der Waals surface area contributed by atoms with Gasteiger partial charge in [-0.25, -0.2) is 19.5 Å². The number of hydrogen-bond acceptors (Lipinski definition) is 7. The molecule has 1 aliphatic rings. The van der Waals surface area contributed by atoms with Crippen molar-refractivity contribution in [2.24, 2.45) is 0 Å². The largest absolute Gasteiger partial charge is 0.495 e. The second-order valence-electron chi connectivity index (χ2n) is 10.8. The number of halogens is 1. The highest BCUT2D eigenvalue weighted by Crippen LogP contribution is 2.49. The minimum absolute atomic E-state index is 0.0112. The first-order valence-corrected chi connectivity index (χ1v) is 14.0. The molecule has 2 N–H and O–H groups in total. The zero-order chi connectivity index (χ0) is 28.5. The lowest BCUT2D eigenvalue weighted by atomic mass is 9.81. The lowest BCUT2D eigenvalue weighted by molar-refractivity contribution is -0.132. The Balaban J connectivity index is 1.72. The molecule has 2 aromatic heterocycles. The molecule has 39 heavy (non-hydrogen) atoms. The third kappa shape index (κ3) is 5.20. The molecule has 3 heterocycles. The Labute approximate surface area is 235 Å². The second kappa shape index (κ2) is 11.5. The molecule has 1 saturated heterocycles. The summed E-state index contributed by atoms with van der Waals surface area (Å²) < 4.78 is 8.06. The summed E-state index contributed by atoms with van der Waals surface area (Å²) in [7, 11) is 0. The molecule has 1 aromatic carbocycles. The van der Waals surface area contributed by atoms with E-state index in [-0.39, 0.29) is 17.7 Å². The lowest BCUT2D eigenvalue weighted by Crippen LogP contribution is -2.59. The number of anilines is 1. The number of benzene rings is 1. The summed E-state index contributed by atoms with van der Waals surface area (Å²) in [6.07, 6.45) is 5.08. The molecular formula is C29H38ClN7O2. The zero-order valence-electron chi connectivity index (χ0n) is 23.7. The zero-order valence-corrected chi connectivity index (χ0v) is 24.5. The van der Waals surface area contributed by atoms with Crippen molar-refractivity contribution in [2.75, 3.05) is 25.4 Å². The summed E-state index contributed by atoms with van der Waals surface area (Å²) >= 11 is 6.75. The standard InChI is InChI=1S/C29H38ClN7O2/c1-8-10-11-12-22(38)29(5,6)36-14-19(15-36)24-25(32-7)21(30)13-20(26(24)39-9-2)18(4)37-28-23(17(3)35-37)27(31)33-16-34-28/h13,16,18-19H,8-12,14-15H2,1-6H3,(H2,31,33,34). The fraction of sp³-hybridized carbons (Fsp3) is 0.552. The number of ether oxygens (including phenoxy) is 1. The first-order valence-electron chi connectivity index (χ1n) is 13.7. The van der Waals surface area contributed by atoms with Crippen LogP contribution in [0.4, 0.5) is 11.5 Å². The highest BCUT2D eigenvalue weighted by molar-refractivity contribution is 6.33. The summed E-state index contributed by atoms with van der Waals surface area (Å²) in [6, 6.07) is 1.50. The molecule has 4 rings (SSSR count). The average Bonchev–Trinajstić information content (AvgIpc) is 3.21. The van der Waals surface area contributed by atoms with Gasteiger partial charge in [-0.15, -0.1) is 0 Å². The van der Waals surface area contributed by atoms with Crippen LogP contribution in [0.5, 0.6) is 5.75 Å². The summed E-state index contributed by atoms with van der Waals surface area (Å²) in [4.78, 5) is 27.6. The van der Waals surface area contributed by atoms with Crippen molar-refractivity contribution in [1.29, 1.82) is 0 Å². The summed E-state index contributed by atoms with van der Waals surface area (Å²) in [5.41, 5.74) is 8.95. The van der Waals surface area contributed by atoms with Crippen LogP contribution in [-0.4, -0.2) is 55.7 Å². The number of unbranched alkanes of at least 4 members (excludes halogenated alkanes) is 2. The Morgan fingerprint density at radius 1 is 1.31 bits per heavy atom. The van der Waals surface area contributed by atoms with Crippen LogP contribution in [0.2, 0.25) is 5.02 Å². The highest BCUT2D eigenvalue weighted by atomic mass is 35.5. The number of Topliss-reactive ketones (excluding diaryl/α,β-unsaturated/α-hetero) is 1. The molecule has 208 valence electrons. The Bertz CT molecular complexity index is 1420. The minimum Gasteiger partial charge on any atom is -0.495 e. The van der Waals surface area contributed by atoms with Crippen LogP contribution >= 0.6 is 11.6 Å². The van der Waals surface area contributed by atoms with Gasteiger partial charge in [0.15, 0.2) is 11.4 Å². The van der Waals surface area contributed by atoms with Crippen LogP contribution in [0.1, 0.15) is 89.1 Å². The third-order valence-electron chi connectivity index (χ3n) is 7.95. The van der Waals surface area contributed by atoms with Crippen LogP contribution in [0.3, 0.4) is 0 Å². The summed E-state index contributed by atoms with van der Waals surface area (Å²) in [5.74, 6) is 1.30. The van der Waals surface area contributed by atoms with Gasteiger partial charge >= 0.3 is 0 Å². The number of carbonyl (C=O) groups is 1. The quantitative estimate of drug-likeness (QED) is 0.222. The smallest absolute Gasteiger partial charge is 0.212 e. The molecule has 1 unspecified atom stereocenters. The number of hydrogen-bond donors (Lipinski definition) is 1. The van der Waals surface area contributed by atoms with E-state index in [9.17, 15) is 4.79 Å². The topological polar surface area (TPSA) is 104 Å². The Hall–Kier alpha value is -3.22. The molecule has 0 spiro atoms. The monoisotopic (exact) mass is 551 g/mol. The molecule has 1 aliphatic heterocycles. The molecular weight excluding hydrogens is 514 g/mol. The first kappa shape index (κ1) is 28.8.